The minimum absolute atomic E-state index is 0.0361. The molecule has 1 atom stereocenters. The molecule has 0 spiro atoms. The summed E-state index contributed by atoms with van der Waals surface area (Å²) in [5.41, 5.74) is 1.12. The molecule has 0 unspecified atom stereocenters. The van der Waals surface area contributed by atoms with Crippen molar-refractivity contribution >= 4 is 62.6 Å². The zero-order valence-corrected chi connectivity index (χ0v) is 19.0. The smallest absolute Gasteiger partial charge is 0.340 e. The number of hydrogen-bond acceptors (Lipinski definition) is 3. The van der Waals surface area contributed by atoms with Crippen LogP contribution in [0.4, 0.5) is 0 Å². The fourth-order valence-corrected chi connectivity index (χ4v) is 3.82. The first-order valence-electron chi connectivity index (χ1n) is 8.65. The molecule has 0 bridgehead atoms. The summed E-state index contributed by atoms with van der Waals surface area (Å²) >= 11 is 21.5. The molecule has 28 heavy (non-hydrogen) atoms. The Morgan fingerprint density at radius 2 is 1.86 bits per heavy atom. The van der Waals surface area contributed by atoms with Gasteiger partial charge >= 0.3 is 5.97 Å². The van der Waals surface area contributed by atoms with Gasteiger partial charge in [0.1, 0.15) is 0 Å². The number of ether oxygens (including phenoxy) is 1. The first-order valence-corrected chi connectivity index (χ1v) is 10.6. The lowest BCUT2D eigenvalue weighted by molar-refractivity contribution is -0.124. The Morgan fingerprint density at radius 1 is 1.11 bits per heavy atom. The van der Waals surface area contributed by atoms with E-state index in [1.54, 1.807) is 30.3 Å². The van der Waals surface area contributed by atoms with Crippen molar-refractivity contribution in [2.24, 2.45) is 0 Å². The number of amides is 1. The number of hydrogen-bond donors (Lipinski definition) is 1. The van der Waals surface area contributed by atoms with Crippen molar-refractivity contribution < 1.29 is 14.3 Å². The van der Waals surface area contributed by atoms with E-state index in [2.05, 4.69) is 28.2 Å². The monoisotopic (exact) mass is 505 g/mol. The Balaban J connectivity index is 1.92. The summed E-state index contributed by atoms with van der Waals surface area (Å²) in [5, 5.41) is 4.18. The number of carbonyl (C=O) groups excluding carboxylic acids is 2. The molecular weight excluding hydrogens is 488 g/mol. The molecule has 0 aliphatic heterocycles. The molecule has 1 amide bonds. The maximum Gasteiger partial charge on any atom is 0.340 e. The van der Waals surface area contributed by atoms with Gasteiger partial charge in [-0.25, -0.2) is 4.79 Å². The standard InChI is InChI=1S/C20H19BrCl3NO3/c1-2-3-12(15-6-5-14(22)9-18(15)24)10-25-19(26)11-28-20(27)16-8-13(21)4-7-17(16)23/h4-9,12H,2-3,10-11H2,1H3,(H,25,26)/t12-/m0/s1. The highest BCUT2D eigenvalue weighted by molar-refractivity contribution is 9.10. The van der Waals surface area contributed by atoms with Gasteiger partial charge in [0.15, 0.2) is 6.61 Å². The van der Waals surface area contributed by atoms with Crippen LogP contribution in [0.5, 0.6) is 0 Å². The molecule has 2 aromatic rings. The molecule has 0 aliphatic carbocycles. The summed E-state index contributed by atoms with van der Waals surface area (Å²) in [6, 6.07) is 10.2. The van der Waals surface area contributed by atoms with Crippen LogP contribution in [-0.4, -0.2) is 25.0 Å². The number of rotatable bonds is 8. The Hall–Kier alpha value is -1.27. The van der Waals surface area contributed by atoms with Crippen LogP contribution in [0, 0.1) is 0 Å². The van der Waals surface area contributed by atoms with Crippen LogP contribution in [0.3, 0.4) is 0 Å². The fraction of sp³-hybridized carbons (Fsp3) is 0.300. The molecular formula is C20H19BrCl3NO3. The van der Waals surface area contributed by atoms with Crippen LogP contribution in [0.2, 0.25) is 15.1 Å². The number of nitrogens with one attached hydrogen (secondary N) is 1. The normalized spacial score (nSPS) is 11.8. The second-order valence-electron chi connectivity index (χ2n) is 6.16. The maximum atomic E-state index is 12.1. The molecule has 0 radical (unpaired) electrons. The van der Waals surface area contributed by atoms with Gasteiger partial charge in [0.2, 0.25) is 0 Å². The largest absolute Gasteiger partial charge is 0.452 e. The molecule has 1 N–H and O–H groups in total. The molecule has 2 aromatic carbocycles. The third-order valence-corrected chi connectivity index (χ3v) is 5.45. The second kappa shape index (κ2) is 11.1. The predicted octanol–water partition coefficient (Wildman–Crippen LogP) is 6.27. The van der Waals surface area contributed by atoms with Crippen LogP contribution < -0.4 is 5.32 Å². The zero-order valence-electron chi connectivity index (χ0n) is 15.1. The van der Waals surface area contributed by atoms with Crippen molar-refractivity contribution in [3.05, 3.63) is 67.1 Å². The summed E-state index contributed by atoms with van der Waals surface area (Å²) in [5.74, 6) is -1.02. The summed E-state index contributed by atoms with van der Waals surface area (Å²) in [4.78, 5) is 24.2. The number of halogens is 4. The Kier molecular flexibility index (Phi) is 9.09. The summed E-state index contributed by atoms with van der Waals surface area (Å²) in [7, 11) is 0. The van der Waals surface area contributed by atoms with Gasteiger partial charge in [-0.05, 0) is 42.3 Å². The van der Waals surface area contributed by atoms with Crippen molar-refractivity contribution in [1.29, 1.82) is 0 Å². The quantitative estimate of drug-likeness (QED) is 0.429. The number of benzene rings is 2. The lowest BCUT2D eigenvalue weighted by Gasteiger charge is -2.19. The third-order valence-electron chi connectivity index (χ3n) is 4.07. The van der Waals surface area contributed by atoms with Crippen molar-refractivity contribution in [2.45, 2.75) is 25.7 Å². The van der Waals surface area contributed by atoms with Gasteiger partial charge in [0.05, 0.1) is 10.6 Å². The highest BCUT2D eigenvalue weighted by Crippen LogP contribution is 2.30. The topological polar surface area (TPSA) is 55.4 Å². The predicted molar refractivity (Wildman–Crippen MR) is 117 cm³/mol. The van der Waals surface area contributed by atoms with Crippen LogP contribution >= 0.6 is 50.7 Å². The van der Waals surface area contributed by atoms with Crippen LogP contribution in [0.15, 0.2) is 40.9 Å². The maximum absolute atomic E-state index is 12.1. The van der Waals surface area contributed by atoms with Crippen molar-refractivity contribution in [3.8, 4) is 0 Å². The van der Waals surface area contributed by atoms with Crippen LogP contribution in [0.1, 0.15) is 41.6 Å². The van der Waals surface area contributed by atoms with E-state index in [-0.39, 0.29) is 16.5 Å². The van der Waals surface area contributed by atoms with E-state index in [1.165, 1.54) is 0 Å². The van der Waals surface area contributed by atoms with E-state index >= 15 is 0 Å². The zero-order chi connectivity index (χ0) is 20.7. The molecule has 0 heterocycles. The van der Waals surface area contributed by atoms with E-state index in [0.29, 0.717) is 21.1 Å². The van der Waals surface area contributed by atoms with Gasteiger partial charge in [0.25, 0.3) is 5.91 Å². The van der Waals surface area contributed by atoms with Crippen LogP contribution in [-0.2, 0) is 9.53 Å². The van der Waals surface area contributed by atoms with Crippen LogP contribution in [0.25, 0.3) is 0 Å². The molecule has 0 saturated heterocycles. The molecule has 0 aromatic heterocycles. The minimum atomic E-state index is -0.660. The van der Waals surface area contributed by atoms with E-state index in [0.717, 1.165) is 18.4 Å². The second-order valence-corrected chi connectivity index (χ2v) is 8.32. The Bertz CT molecular complexity index is 861. The molecule has 8 heteroatoms. The molecule has 4 nitrogen and oxygen atoms in total. The molecule has 150 valence electrons. The number of esters is 1. The first-order chi connectivity index (χ1) is 13.3. The fourth-order valence-electron chi connectivity index (χ4n) is 2.70. The molecule has 0 aliphatic rings. The molecule has 0 saturated carbocycles. The van der Waals surface area contributed by atoms with Gasteiger partial charge in [0, 0.05) is 27.0 Å². The van der Waals surface area contributed by atoms with Gasteiger partial charge < -0.3 is 10.1 Å². The highest BCUT2D eigenvalue weighted by atomic mass is 79.9. The average molecular weight is 508 g/mol. The van der Waals surface area contributed by atoms with E-state index < -0.39 is 18.5 Å². The molecule has 0 fully saturated rings. The average Bonchev–Trinajstić information content (AvgIpc) is 2.65. The van der Waals surface area contributed by atoms with E-state index in [4.69, 9.17) is 39.5 Å². The Morgan fingerprint density at radius 3 is 2.54 bits per heavy atom. The third kappa shape index (κ3) is 6.66. The minimum Gasteiger partial charge on any atom is -0.452 e. The van der Waals surface area contributed by atoms with Gasteiger partial charge in [-0.2, -0.15) is 0 Å². The van der Waals surface area contributed by atoms with Gasteiger partial charge in [-0.1, -0.05) is 70.1 Å². The summed E-state index contributed by atoms with van der Waals surface area (Å²) < 4.78 is 5.75. The van der Waals surface area contributed by atoms with E-state index in [1.807, 2.05) is 6.07 Å². The highest BCUT2D eigenvalue weighted by Gasteiger charge is 2.17. The number of carbonyl (C=O) groups is 2. The Labute approximate surface area is 187 Å². The van der Waals surface area contributed by atoms with Gasteiger partial charge in [-0.3, -0.25) is 4.79 Å². The van der Waals surface area contributed by atoms with E-state index in [9.17, 15) is 9.59 Å². The SMILES string of the molecule is CCC[C@@H](CNC(=O)COC(=O)c1cc(Br)ccc1Cl)c1ccc(Cl)cc1Cl. The molecule has 2 rings (SSSR count). The van der Waals surface area contributed by atoms with Gasteiger partial charge in [-0.15, -0.1) is 0 Å². The van der Waals surface area contributed by atoms with Crippen molar-refractivity contribution in [2.75, 3.05) is 13.2 Å². The van der Waals surface area contributed by atoms with Crippen molar-refractivity contribution in [1.82, 2.24) is 5.32 Å². The lowest BCUT2D eigenvalue weighted by Crippen LogP contribution is -2.32. The summed E-state index contributed by atoms with van der Waals surface area (Å²) in [6.07, 6.45) is 1.77. The summed E-state index contributed by atoms with van der Waals surface area (Å²) in [6.45, 7) is 2.04. The lowest BCUT2D eigenvalue weighted by atomic mass is 9.94. The first kappa shape index (κ1) is 23.0. The van der Waals surface area contributed by atoms with Crippen molar-refractivity contribution in [3.63, 3.8) is 0 Å².